The van der Waals surface area contributed by atoms with Crippen LogP contribution in [0, 0.1) is 5.92 Å². The molecule has 5 nitrogen and oxygen atoms in total. The second-order valence-corrected chi connectivity index (χ2v) is 14.2. The van der Waals surface area contributed by atoms with Crippen molar-refractivity contribution in [3.05, 3.63) is 17.5 Å². The number of anilines is 1. The zero-order chi connectivity index (χ0) is 17.9. The third-order valence-electron chi connectivity index (χ3n) is 4.85. The van der Waals surface area contributed by atoms with Crippen molar-refractivity contribution < 1.29 is 4.74 Å². The van der Waals surface area contributed by atoms with Crippen LogP contribution in [-0.4, -0.2) is 35.8 Å². The van der Waals surface area contributed by atoms with Crippen molar-refractivity contribution in [1.82, 2.24) is 14.5 Å². The summed E-state index contributed by atoms with van der Waals surface area (Å²) in [6.07, 6.45) is 7.31. The lowest BCUT2D eigenvalue weighted by Crippen LogP contribution is -2.22. The number of halogens is 1. The predicted molar refractivity (Wildman–Crippen MR) is 107 cm³/mol. The summed E-state index contributed by atoms with van der Waals surface area (Å²) in [5, 5.41) is 4.78. The van der Waals surface area contributed by atoms with Gasteiger partial charge in [-0.15, -0.1) is 0 Å². The Kier molecular flexibility index (Phi) is 6.02. The van der Waals surface area contributed by atoms with Gasteiger partial charge in [0.25, 0.3) is 0 Å². The summed E-state index contributed by atoms with van der Waals surface area (Å²) in [5.41, 5.74) is 0.835. The molecule has 1 aliphatic rings. The highest BCUT2D eigenvalue weighted by Crippen LogP contribution is 2.27. The molecule has 0 radical (unpaired) electrons. The van der Waals surface area contributed by atoms with Crippen molar-refractivity contribution in [2.45, 2.75) is 58.1 Å². The Morgan fingerprint density at radius 2 is 2.04 bits per heavy atom. The van der Waals surface area contributed by atoms with Crippen LogP contribution in [0.1, 0.15) is 25.7 Å². The van der Waals surface area contributed by atoms with Crippen LogP contribution in [0.2, 0.25) is 31.0 Å². The van der Waals surface area contributed by atoms with E-state index in [1.54, 1.807) is 0 Å². The van der Waals surface area contributed by atoms with Crippen LogP contribution in [-0.2, 0) is 11.5 Å². The monoisotopic (exact) mass is 380 g/mol. The molecule has 1 saturated carbocycles. The van der Waals surface area contributed by atoms with Crippen LogP contribution >= 0.6 is 11.6 Å². The molecule has 0 unspecified atom stereocenters. The van der Waals surface area contributed by atoms with Gasteiger partial charge in [0.15, 0.2) is 0 Å². The summed E-state index contributed by atoms with van der Waals surface area (Å²) >= 11 is 6.16. The smallest absolute Gasteiger partial charge is 0.226 e. The van der Waals surface area contributed by atoms with Crippen LogP contribution in [0.3, 0.4) is 0 Å². The van der Waals surface area contributed by atoms with E-state index in [9.17, 15) is 0 Å². The fourth-order valence-corrected chi connectivity index (χ4v) is 4.20. The Morgan fingerprint density at radius 1 is 1.28 bits per heavy atom. The van der Waals surface area contributed by atoms with Crippen molar-refractivity contribution >= 4 is 36.5 Å². The Bertz CT molecular complexity index is 707. The predicted octanol–water partition coefficient (Wildman–Crippen LogP) is 5.00. The minimum atomic E-state index is -1.07. The Labute approximate surface area is 156 Å². The number of ether oxygens (including phenoxy) is 1. The molecule has 7 heteroatoms. The molecular weight excluding hydrogens is 352 g/mol. The van der Waals surface area contributed by atoms with E-state index >= 15 is 0 Å². The quantitative estimate of drug-likeness (QED) is 0.397. The highest BCUT2D eigenvalue weighted by molar-refractivity contribution is 6.76. The van der Waals surface area contributed by atoms with Crippen LogP contribution in [0.25, 0.3) is 11.0 Å². The molecular formula is C18H29ClN4OSi. The van der Waals surface area contributed by atoms with E-state index in [0.29, 0.717) is 6.73 Å². The first-order valence-electron chi connectivity index (χ1n) is 9.26. The SMILES string of the molecule is C[Si](C)(C)CCOCn1ccc2c(NCC3CCCC3)nc(Cl)nc21. The lowest BCUT2D eigenvalue weighted by molar-refractivity contribution is 0.0899. The molecule has 25 heavy (non-hydrogen) atoms. The molecule has 0 spiro atoms. The van der Waals surface area contributed by atoms with Gasteiger partial charge in [0, 0.05) is 27.4 Å². The second-order valence-electron chi connectivity index (χ2n) is 8.24. The summed E-state index contributed by atoms with van der Waals surface area (Å²) < 4.78 is 7.86. The minimum absolute atomic E-state index is 0.281. The topological polar surface area (TPSA) is 52.0 Å². The van der Waals surface area contributed by atoms with Crippen LogP contribution < -0.4 is 5.32 Å². The first-order chi connectivity index (χ1) is 11.9. The zero-order valence-corrected chi connectivity index (χ0v) is 17.3. The first-order valence-corrected chi connectivity index (χ1v) is 13.3. The van der Waals surface area contributed by atoms with Gasteiger partial charge in [0.05, 0.1) is 5.39 Å². The van der Waals surface area contributed by atoms with Crippen molar-refractivity contribution in [3.63, 3.8) is 0 Å². The number of hydrogen-bond acceptors (Lipinski definition) is 4. The second kappa shape index (κ2) is 8.06. The molecule has 0 amide bonds. The van der Waals surface area contributed by atoms with Crippen molar-refractivity contribution in [2.75, 3.05) is 18.5 Å². The van der Waals surface area contributed by atoms with Gasteiger partial charge in [-0.2, -0.15) is 4.98 Å². The number of aromatic nitrogens is 3. The van der Waals surface area contributed by atoms with E-state index in [-0.39, 0.29) is 5.28 Å². The molecule has 1 N–H and O–H groups in total. The third-order valence-corrected chi connectivity index (χ3v) is 6.72. The van der Waals surface area contributed by atoms with Gasteiger partial charge in [-0.1, -0.05) is 32.5 Å². The van der Waals surface area contributed by atoms with Gasteiger partial charge in [0.1, 0.15) is 18.2 Å². The highest BCUT2D eigenvalue weighted by atomic mass is 35.5. The van der Waals surface area contributed by atoms with Gasteiger partial charge < -0.3 is 14.6 Å². The van der Waals surface area contributed by atoms with Gasteiger partial charge in [-0.3, -0.25) is 0 Å². The molecule has 2 heterocycles. The van der Waals surface area contributed by atoms with Gasteiger partial charge in [-0.05, 0) is 42.5 Å². The third kappa shape index (κ3) is 5.18. The lowest BCUT2D eigenvalue weighted by atomic mass is 10.1. The van der Waals surface area contributed by atoms with Gasteiger partial charge in [-0.25, -0.2) is 4.98 Å². The summed E-state index contributed by atoms with van der Waals surface area (Å²) in [5.74, 6) is 1.58. The lowest BCUT2D eigenvalue weighted by Gasteiger charge is -2.16. The number of nitrogens with one attached hydrogen (secondary N) is 1. The Hall–Kier alpha value is -1.11. The maximum Gasteiger partial charge on any atom is 0.226 e. The number of nitrogens with zero attached hydrogens (tertiary/aromatic N) is 3. The van der Waals surface area contributed by atoms with E-state index in [0.717, 1.165) is 42.0 Å². The average Bonchev–Trinajstić information content (AvgIpc) is 3.18. The van der Waals surface area contributed by atoms with Crippen molar-refractivity contribution in [2.24, 2.45) is 5.92 Å². The van der Waals surface area contributed by atoms with E-state index in [4.69, 9.17) is 16.3 Å². The van der Waals surface area contributed by atoms with Crippen molar-refractivity contribution in [1.29, 1.82) is 0 Å². The van der Waals surface area contributed by atoms with Gasteiger partial charge in [0.2, 0.25) is 5.28 Å². The minimum Gasteiger partial charge on any atom is -0.369 e. The van der Waals surface area contributed by atoms with E-state index in [2.05, 4.69) is 34.9 Å². The Morgan fingerprint density at radius 3 is 2.76 bits per heavy atom. The van der Waals surface area contributed by atoms with Crippen LogP contribution in [0.5, 0.6) is 0 Å². The van der Waals surface area contributed by atoms with Gasteiger partial charge >= 0.3 is 0 Å². The zero-order valence-electron chi connectivity index (χ0n) is 15.5. The molecule has 0 aliphatic heterocycles. The maximum absolute atomic E-state index is 6.16. The molecule has 1 aliphatic carbocycles. The molecule has 3 rings (SSSR count). The van der Waals surface area contributed by atoms with Crippen molar-refractivity contribution in [3.8, 4) is 0 Å². The van der Waals surface area contributed by atoms with E-state index in [1.807, 2.05) is 16.8 Å². The molecule has 138 valence electrons. The molecule has 0 saturated heterocycles. The number of rotatable bonds is 8. The first kappa shape index (κ1) is 18.7. The fourth-order valence-electron chi connectivity index (χ4n) is 3.27. The largest absolute Gasteiger partial charge is 0.369 e. The van der Waals surface area contributed by atoms with E-state index < -0.39 is 8.07 Å². The summed E-state index contributed by atoms with van der Waals surface area (Å²) in [4.78, 5) is 8.81. The molecule has 0 bridgehead atoms. The maximum atomic E-state index is 6.16. The molecule has 1 fully saturated rings. The number of hydrogen-bond donors (Lipinski definition) is 1. The highest BCUT2D eigenvalue weighted by Gasteiger charge is 2.17. The molecule has 2 aromatic rings. The molecule has 2 aromatic heterocycles. The fraction of sp³-hybridized carbons (Fsp3) is 0.667. The summed E-state index contributed by atoms with van der Waals surface area (Å²) in [6.45, 7) is 9.33. The van der Waals surface area contributed by atoms with Crippen LogP contribution in [0.4, 0.5) is 5.82 Å². The molecule has 0 atom stereocenters. The van der Waals surface area contributed by atoms with Crippen LogP contribution in [0.15, 0.2) is 12.3 Å². The standard InChI is InChI=1S/C18H29ClN4OSi/c1-25(2,3)11-10-24-13-23-9-8-15-16(21-18(19)22-17(15)23)20-12-14-6-4-5-7-14/h8-9,14H,4-7,10-13H2,1-3H3,(H,20,21,22). The summed E-state index contributed by atoms with van der Waals surface area (Å²) in [6, 6.07) is 3.21. The Balaban J connectivity index is 1.67. The molecule has 0 aromatic carbocycles. The normalized spacial score (nSPS) is 16.0. The van der Waals surface area contributed by atoms with E-state index in [1.165, 1.54) is 25.7 Å². The average molecular weight is 381 g/mol. The number of fused-ring (bicyclic) bond motifs is 1. The summed E-state index contributed by atoms with van der Waals surface area (Å²) in [7, 11) is -1.07.